The molecule has 2 heterocycles. The Bertz CT molecular complexity index is 854. The summed E-state index contributed by atoms with van der Waals surface area (Å²) in [5, 5.41) is 11.4. The summed E-state index contributed by atoms with van der Waals surface area (Å²) in [6.07, 6.45) is 5.11. The van der Waals surface area contributed by atoms with E-state index in [-0.39, 0.29) is 0 Å². The van der Waals surface area contributed by atoms with E-state index in [1.165, 1.54) is 0 Å². The van der Waals surface area contributed by atoms with E-state index < -0.39 is 0 Å². The summed E-state index contributed by atoms with van der Waals surface area (Å²) in [6.45, 7) is 0. The second kappa shape index (κ2) is 6.31. The Morgan fingerprint density at radius 2 is 2.14 bits per heavy atom. The fourth-order valence-electron chi connectivity index (χ4n) is 1.98. The third-order valence-corrected chi connectivity index (χ3v) is 3.27. The molecule has 0 aliphatic heterocycles. The lowest BCUT2D eigenvalue weighted by Crippen LogP contribution is -1.97. The maximum Gasteiger partial charge on any atom is 0.216 e. The summed E-state index contributed by atoms with van der Waals surface area (Å²) in [6, 6.07) is 11.3. The number of para-hydroxylation sites is 1. The smallest absolute Gasteiger partial charge is 0.216 e. The number of methoxy groups -OCH3 is 1. The maximum absolute atomic E-state index is 5.36. The van der Waals surface area contributed by atoms with E-state index in [1.807, 2.05) is 36.4 Å². The van der Waals surface area contributed by atoms with Crippen molar-refractivity contribution < 1.29 is 4.74 Å². The van der Waals surface area contributed by atoms with E-state index in [1.54, 1.807) is 30.4 Å². The molecule has 0 spiro atoms. The van der Waals surface area contributed by atoms with Crippen LogP contribution in [0.4, 0.5) is 0 Å². The van der Waals surface area contributed by atoms with Crippen molar-refractivity contribution in [2.24, 2.45) is 5.10 Å². The number of pyridine rings is 1. The van der Waals surface area contributed by atoms with Crippen LogP contribution in [0.2, 0.25) is 0 Å². The summed E-state index contributed by atoms with van der Waals surface area (Å²) >= 11 is 5.24. The van der Waals surface area contributed by atoms with Gasteiger partial charge in [-0.05, 0) is 30.4 Å². The van der Waals surface area contributed by atoms with Gasteiger partial charge in [0.05, 0.1) is 18.9 Å². The molecule has 0 atom stereocenters. The summed E-state index contributed by atoms with van der Waals surface area (Å²) in [7, 11) is 1.61. The van der Waals surface area contributed by atoms with Crippen molar-refractivity contribution in [1.29, 1.82) is 0 Å². The van der Waals surface area contributed by atoms with Crippen LogP contribution in [0.15, 0.2) is 53.9 Å². The molecular formula is C15H13N5OS. The number of ether oxygens (including phenoxy) is 1. The zero-order valence-electron chi connectivity index (χ0n) is 11.8. The molecule has 1 N–H and O–H groups in total. The zero-order chi connectivity index (χ0) is 15.4. The van der Waals surface area contributed by atoms with Gasteiger partial charge in [0.15, 0.2) is 5.82 Å². The van der Waals surface area contributed by atoms with Crippen molar-refractivity contribution in [2.45, 2.75) is 0 Å². The Labute approximate surface area is 132 Å². The Morgan fingerprint density at radius 1 is 1.27 bits per heavy atom. The van der Waals surface area contributed by atoms with Crippen molar-refractivity contribution in [3.8, 4) is 17.1 Å². The van der Waals surface area contributed by atoms with E-state index in [0.29, 0.717) is 16.3 Å². The molecule has 0 saturated carbocycles. The SMILES string of the molecule is COc1ccccc1-c1n[nH]c(=S)n1N=Cc1cccnc1. The quantitative estimate of drug-likeness (QED) is 0.594. The van der Waals surface area contributed by atoms with E-state index >= 15 is 0 Å². The molecule has 7 heteroatoms. The molecule has 0 aliphatic rings. The average molecular weight is 311 g/mol. The summed E-state index contributed by atoms with van der Waals surface area (Å²) in [4.78, 5) is 4.05. The van der Waals surface area contributed by atoms with E-state index in [9.17, 15) is 0 Å². The minimum absolute atomic E-state index is 0.404. The molecule has 0 fully saturated rings. The Kier molecular flexibility index (Phi) is 4.06. The van der Waals surface area contributed by atoms with Crippen LogP contribution in [0.25, 0.3) is 11.4 Å². The van der Waals surface area contributed by atoms with E-state index in [4.69, 9.17) is 17.0 Å². The number of hydrogen-bond donors (Lipinski definition) is 1. The van der Waals surface area contributed by atoms with Gasteiger partial charge in [-0.1, -0.05) is 18.2 Å². The summed E-state index contributed by atoms with van der Waals surface area (Å²) in [5.74, 6) is 1.29. The second-order valence-electron chi connectivity index (χ2n) is 4.40. The number of nitrogens with one attached hydrogen (secondary N) is 1. The third-order valence-electron chi connectivity index (χ3n) is 3.01. The number of aromatic amines is 1. The van der Waals surface area contributed by atoms with Crippen LogP contribution < -0.4 is 4.74 Å². The van der Waals surface area contributed by atoms with Crippen LogP contribution in [0, 0.1) is 4.77 Å². The minimum Gasteiger partial charge on any atom is -0.496 e. The fourth-order valence-corrected chi connectivity index (χ4v) is 2.16. The minimum atomic E-state index is 0.404. The number of H-pyrrole nitrogens is 1. The van der Waals surface area contributed by atoms with Crippen molar-refractivity contribution in [2.75, 3.05) is 7.11 Å². The van der Waals surface area contributed by atoms with Crippen molar-refractivity contribution in [3.05, 3.63) is 59.1 Å². The molecular weight excluding hydrogens is 298 g/mol. The van der Waals surface area contributed by atoms with Crippen molar-refractivity contribution >= 4 is 18.4 Å². The number of nitrogens with zero attached hydrogens (tertiary/aromatic N) is 4. The number of rotatable bonds is 4. The number of aromatic nitrogens is 4. The monoisotopic (exact) mass is 311 g/mol. The molecule has 0 aliphatic carbocycles. The van der Waals surface area contributed by atoms with E-state index in [2.05, 4.69) is 20.3 Å². The lowest BCUT2D eigenvalue weighted by Gasteiger charge is -2.06. The first-order valence-corrected chi connectivity index (χ1v) is 6.95. The molecule has 22 heavy (non-hydrogen) atoms. The molecule has 0 saturated heterocycles. The Morgan fingerprint density at radius 3 is 2.91 bits per heavy atom. The highest BCUT2D eigenvalue weighted by Crippen LogP contribution is 2.27. The maximum atomic E-state index is 5.36. The Hall–Kier alpha value is -2.80. The van der Waals surface area contributed by atoms with Crippen LogP contribution >= 0.6 is 12.2 Å². The van der Waals surface area contributed by atoms with Gasteiger partial charge >= 0.3 is 0 Å². The van der Waals surface area contributed by atoms with Crippen molar-refractivity contribution in [3.63, 3.8) is 0 Å². The molecule has 3 aromatic rings. The van der Waals surface area contributed by atoms with Gasteiger partial charge in [0.1, 0.15) is 5.75 Å². The third kappa shape index (κ3) is 2.79. The molecule has 6 nitrogen and oxygen atoms in total. The number of hydrogen-bond acceptors (Lipinski definition) is 5. The normalized spacial score (nSPS) is 11.0. The zero-order valence-corrected chi connectivity index (χ0v) is 12.6. The molecule has 110 valence electrons. The predicted molar refractivity (Wildman–Crippen MR) is 86.6 cm³/mol. The van der Waals surface area contributed by atoms with Gasteiger partial charge in [0.25, 0.3) is 0 Å². The standard InChI is InChI=1S/C15H13N5OS/c1-21-13-7-3-2-6-12(13)14-18-19-15(22)20(14)17-10-11-5-4-8-16-9-11/h2-10H,1H3,(H,19,22). The summed E-state index contributed by atoms with van der Waals surface area (Å²) < 4.78 is 7.32. The molecule has 1 aromatic carbocycles. The van der Waals surface area contributed by atoms with Crippen LogP contribution in [0.3, 0.4) is 0 Å². The molecule has 0 bridgehead atoms. The predicted octanol–water partition coefficient (Wildman–Crippen LogP) is 2.89. The number of benzene rings is 1. The fraction of sp³-hybridized carbons (Fsp3) is 0.0667. The summed E-state index contributed by atoms with van der Waals surface area (Å²) in [5.41, 5.74) is 1.68. The van der Waals surface area contributed by atoms with Crippen LogP contribution in [0.1, 0.15) is 5.56 Å². The van der Waals surface area contributed by atoms with E-state index in [0.717, 1.165) is 11.1 Å². The van der Waals surface area contributed by atoms with Crippen LogP contribution in [-0.2, 0) is 0 Å². The van der Waals surface area contributed by atoms with Gasteiger partial charge in [-0.3, -0.25) is 4.98 Å². The van der Waals surface area contributed by atoms with Gasteiger partial charge in [0.2, 0.25) is 4.77 Å². The second-order valence-corrected chi connectivity index (χ2v) is 4.78. The first-order chi connectivity index (χ1) is 10.8. The van der Waals surface area contributed by atoms with Gasteiger partial charge in [-0.2, -0.15) is 14.9 Å². The lowest BCUT2D eigenvalue weighted by molar-refractivity contribution is 0.416. The lowest BCUT2D eigenvalue weighted by atomic mass is 10.2. The average Bonchev–Trinajstić information content (AvgIpc) is 2.94. The first-order valence-electron chi connectivity index (χ1n) is 6.55. The molecule has 0 amide bonds. The molecule has 0 radical (unpaired) electrons. The van der Waals surface area contributed by atoms with Crippen LogP contribution in [0.5, 0.6) is 5.75 Å². The van der Waals surface area contributed by atoms with Gasteiger partial charge in [-0.15, -0.1) is 0 Å². The topological polar surface area (TPSA) is 68.1 Å². The van der Waals surface area contributed by atoms with Crippen LogP contribution in [-0.4, -0.2) is 33.2 Å². The molecule has 0 unspecified atom stereocenters. The largest absolute Gasteiger partial charge is 0.496 e. The highest BCUT2D eigenvalue weighted by atomic mass is 32.1. The van der Waals surface area contributed by atoms with Gasteiger partial charge in [0, 0.05) is 18.0 Å². The Balaban J connectivity index is 2.05. The van der Waals surface area contributed by atoms with Gasteiger partial charge in [-0.25, -0.2) is 5.10 Å². The molecule has 3 rings (SSSR count). The highest BCUT2D eigenvalue weighted by Gasteiger charge is 2.12. The van der Waals surface area contributed by atoms with Crippen molar-refractivity contribution in [1.82, 2.24) is 19.9 Å². The highest BCUT2D eigenvalue weighted by molar-refractivity contribution is 7.71. The first kappa shape index (κ1) is 14.2. The van der Waals surface area contributed by atoms with Gasteiger partial charge < -0.3 is 4.74 Å². The molecule has 2 aromatic heterocycles.